The lowest BCUT2D eigenvalue weighted by atomic mass is 10.1. The van der Waals surface area contributed by atoms with Gasteiger partial charge in [0.1, 0.15) is 5.82 Å². The van der Waals surface area contributed by atoms with Crippen molar-refractivity contribution in [1.82, 2.24) is 9.88 Å². The van der Waals surface area contributed by atoms with E-state index in [1.54, 1.807) is 6.07 Å². The molecule has 1 aromatic rings. The molecule has 0 aromatic carbocycles. The van der Waals surface area contributed by atoms with Crippen LogP contribution >= 0.6 is 0 Å². The third kappa shape index (κ3) is 3.25. The molecule has 4 heteroatoms. The molecular formula is C15H23N3O. The summed E-state index contributed by atoms with van der Waals surface area (Å²) in [5.41, 5.74) is 7.35. The van der Waals surface area contributed by atoms with Crippen LogP contribution in [0.5, 0.6) is 0 Å². The summed E-state index contributed by atoms with van der Waals surface area (Å²) >= 11 is 0. The lowest BCUT2D eigenvalue weighted by molar-refractivity contribution is 0.0697. The summed E-state index contributed by atoms with van der Waals surface area (Å²) in [7, 11) is 0. The number of carbonyl (C=O) groups excluding carboxylic acids is 1. The predicted molar refractivity (Wildman–Crippen MR) is 77.0 cm³/mol. The molecule has 1 aromatic heterocycles. The average Bonchev–Trinajstić information content (AvgIpc) is 2.61. The Bertz CT molecular complexity index is 459. The standard InChI is InChI=1S/C15H23N3O/c1-3-13-9-12(10-14(16)17-13)15(19)18-8-6-4-5-7-11(18)2/h9-11H,3-8H2,1-2H3,(H2,16,17). The Morgan fingerprint density at radius 2 is 2.21 bits per heavy atom. The fourth-order valence-corrected chi connectivity index (χ4v) is 2.66. The number of pyridine rings is 1. The van der Waals surface area contributed by atoms with Gasteiger partial charge in [-0.25, -0.2) is 4.98 Å². The molecule has 2 heterocycles. The maximum absolute atomic E-state index is 12.6. The molecule has 0 aliphatic carbocycles. The first-order valence-electron chi connectivity index (χ1n) is 7.19. The van der Waals surface area contributed by atoms with E-state index >= 15 is 0 Å². The molecule has 1 aliphatic rings. The number of hydrogen-bond acceptors (Lipinski definition) is 3. The van der Waals surface area contributed by atoms with E-state index in [-0.39, 0.29) is 5.91 Å². The molecule has 1 amide bonds. The Morgan fingerprint density at radius 1 is 1.42 bits per heavy atom. The van der Waals surface area contributed by atoms with Crippen molar-refractivity contribution >= 4 is 11.7 Å². The summed E-state index contributed by atoms with van der Waals surface area (Å²) in [5, 5.41) is 0. The Kier molecular flexibility index (Phi) is 4.40. The number of amides is 1. The Labute approximate surface area is 115 Å². The second-order valence-electron chi connectivity index (χ2n) is 5.32. The van der Waals surface area contributed by atoms with Crippen molar-refractivity contribution in [1.29, 1.82) is 0 Å². The van der Waals surface area contributed by atoms with Crippen LogP contribution in [0.15, 0.2) is 12.1 Å². The van der Waals surface area contributed by atoms with Crippen molar-refractivity contribution in [2.24, 2.45) is 0 Å². The number of likely N-dealkylation sites (tertiary alicyclic amines) is 1. The lowest BCUT2D eigenvalue weighted by Crippen LogP contribution is -2.38. The Hall–Kier alpha value is -1.58. The largest absolute Gasteiger partial charge is 0.384 e. The zero-order valence-corrected chi connectivity index (χ0v) is 11.9. The number of aromatic nitrogens is 1. The number of nitrogen functional groups attached to an aromatic ring is 1. The first-order chi connectivity index (χ1) is 9.11. The second-order valence-corrected chi connectivity index (χ2v) is 5.32. The minimum absolute atomic E-state index is 0.0956. The van der Waals surface area contributed by atoms with Gasteiger partial charge in [0.25, 0.3) is 5.91 Å². The van der Waals surface area contributed by atoms with E-state index in [1.807, 2.05) is 17.9 Å². The zero-order valence-electron chi connectivity index (χ0n) is 11.9. The highest BCUT2D eigenvalue weighted by atomic mass is 16.2. The minimum atomic E-state index is 0.0956. The number of hydrogen-bond donors (Lipinski definition) is 1. The van der Waals surface area contributed by atoms with Gasteiger partial charge in [-0.05, 0) is 38.3 Å². The molecule has 104 valence electrons. The van der Waals surface area contributed by atoms with Gasteiger partial charge in [0, 0.05) is 23.8 Å². The van der Waals surface area contributed by atoms with Crippen molar-refractivity contribution in [2.75, 3.05) is 12.3 Å². The van der Waals surface area contributed by atoms with Gasteiger partial charge in [-0.15, -0.1) is 0 Å². The first-order valence-corrected chi connectivity index (χ1v) is 7.19. The van der Waals surface area contributed by atoms with Gasteiger partial charge in [0.05, 0.1) is 0 Å². The van der Waals surface area contributed by atoms with Gasteiger partial charge in [-0.3, -0.25) is 4.79 Å². The highest BCUT2D eigenvalue weighted by molar-refractivity contribution is 5.95. The molecule has 0 bridgehead atoms. The van der Waals surface area contributed by atoms with Crippen LogP contribution in [0.3, 0.4) is 0 Å². The third-order valence-electron chi connectivity index (χ3n) is 3.82. The van der Waals surface area contributed by atoms with Crippen molar-refractivity contribution in [3.05, 3.63) is 23.4 Å². The van der Waals surface area contributed by atoms with Crippen molar-refractivity contribution < 1.29 is 4.79 Å². The molecule has 0 spiro atoms. The fourth-order valence-electron chi connectivity index (χ4n) is 2.66. The molecule has 1 atom stereocenters. The van der Waals surface area contributed by atoms with Crippen molar-refractivity contribution in [3.63, 3.8) is 0 Å². The molecule has 1 saturated heterocycles. The summed E-state index contributed by atoms with van der Waals surface area (Å²) in [6.07, 6.45) is 5.40. The summed E-state index contributed by atoms with van der Waals surface area (Å²) in [4.78, 5) is 18.8. The van der Waals surface area contributed by atoms with Crippen molar-refractivity contribution in [2.45, 2.75) is 52.0 Å². The Morgan fingerprint density at radius 3 is 2.95 bits per heavy atom. The number of carbonyl (C=O) groups is 1. The molecule has 19 heavy (non-hydrogen) atoms. The summed E-state index contributed by atoms with van der Waals surface area (Å²) < 4.78 is 0. The Balaban J connectivity index is 2.24. The topological polar surface area (TPSA) is 59.2 Å². The van der Waals surface area contributed by atoms with Crippen LogP contribution in [-0.4, -0.2) is 28.4 Å². The van der Waals surface area contributed by atoms with Gasteiger partial charge in [0.15, 0.2) is 0 Å². The highest BCUT2D eigenvalue weighted by Gasteiger charge is 2.23. The van der Waals surface area contributed by atoms with Crippen LogP contribution in [0.2, 0.25) is 0 Å². The monoisotopic (exact) mass is 261 g/mol. The molecule has 0 radical (unpaired) electrons. The van der Waals surface area contributed by atoms with E-state index in [4.69, 9.17) is 5.73 Å². The second kappa shape index (κ2) is 6.04. The van der Waals surface area contributed by atoms with E-state index in [2.05, 4.69) is 11.9 Å². The van der Waals surface area contributed by atoms with Crippen LogP contribution in [0.1, 0.15) is 55.6 Å². The van der Waals surface area contributed by atoms with Gasteiger partial charge in [-0.2, -0.15) is 0 Å². The zero-order chi connectivity index (χ0) is 13.8. The van der Waals surface area contributed by atoms with E-state index in [0.29, 0.717) is 17.4 Å². The van der Waals surface area contributed by atoms with E-state index in [9.17, 15) is 4.79 Å². The summed E-state index contributed by atoms with van der Waals surface area (Å²) in [5.74, 6) is 0.531. The van der Waals surface area contributed by atoms with Crippen LogP contribution in [0, 0.1) is 0 Å². The third-order valence-corrected chi connectivity index (χ3v) is 3.82. The summed E-state index contributed by atoms with van der Waals surface area (Å²) in [6.45, 7) is 5.00. The molecule has 1 aliphatic heterocycles. The fraction of sp³-hybridized carbons (Fsp3) is 0.600. The van der Waals surface area contributed by atoms with Crippen LogP contribution < -0.4 is 5.73 Å². The van der Waals surface area contributed by atoms with Crippen LogP contribution in [-0.2, 0) is 6.42 Å². The summed E-state index contributed by atoms with van der Waals surface area (Å²) in [6, 6.07) is 3.88. The number of nitrogens with two attached hydrogens (primary N) is 1. The smallest absolute Gasteiger partial charge is 0.254 e. The molecule has 4 nitrogen and oxygen atoms in total. The average molecular weight is 261 g/mol. The quantitative estimate of drug-likeness (QED) is 0.890. The van der Waals surface area contributed by atoms with Gasteiger partial charge >= 0.3 is 0 Å². The first kappa shape index (κ1) is 13.8. The number of anilines is 1. The molecule has 0 saturated carbocycles. The van der Waals surface area contributed by atoms with Crippen LogP contribution in [0.25, 0.3) is 0 Å². The molecular weight excluding hydrogens is 238 g/mol. The van der Waals surface area contributed by atoms with E-state index in [0.717, 1.165) is 31.5 Å². The predicted octanol–water partition coefficient (Wildman–Crippen LogP) is 2.63. The molecule has 1 fully saturated rings. The van der Waals surface area contributed by atoms with Gasteiger partial charge in [-0.1, -0.05) is 19.8 Å². The van der Waals surface area contributed by atoms with Crippen molar-refractivity contribution in [3.8, 4) is 0 Å². The van der Waals surface area contributed by atoms with E-state index < -0.39 is 0 Å². The van der Waals surface area contributed by atoms with E-state index in [1.165, 1.54) is 12.8 Å². The number of rotatable bonds is 2. The number of aryl methyl sites for hydroxylation is 1. The maximum atomic E-state index is 12.6. The normalized spacial score (nSPS) is 20.1. The number of nitrogens with zero attached hydrogens (tertiary/aromatic N) is 2. The molecule has 2 rings (SSSR count). The van der Waals surface area contributed by atoms with Gasteiger partial charge < -0.3 is 10.6 Å². The lowest BCUT2D eigenvalue weighted by Gasteiger charge is -2.27. The highest BCUT2D eigenvalue weighted by Crippen LogP contribution is 2.20. The molecule has 1 unspecified atom stereocenters. The van der Waals surface area contributed by atoms with Gasteiger partial charge in [0.2, 0.25) is 0 Å². The SMILES string of the molecule is CCc1cc(C(=O)N2CCCCCC2C)cc(N)n1. The molecule has 2 N–H and O–H groups in total. The maximum Gasteiger partial charge on any atom is 0.254 e. The minimum Gasteiger partial charge on any atom is -0.384 e. The van der Waals surface area contributed by atoms with Crippen LogP contribution in [0.4, 0.5) is 5.82 Å².